The van der Waals surface area contributed by atoms with Crippen molar-refractivity contribution in [1.82, 2.24) is 0 Å². The Balaban J connectivity index is 1.97. The van der Waals surface area contributed by atoms with Crippen LogP contribution in [0.25, 0.3) is 0 Å². The van der Waals surface area contributed by atoms with Gasteiger partial charge in [0.15, 0.2) is 0 Å². The second-order valence-corrected chi connectivity index (χ2v) is 5.46. The third kappa shape index (κ3) is 3.47. The lowest BCUT2D eigenvalue weighted by atomic mass is 9.92. The number of hydrogen-bond acceptors (Lipinski definition) is 3. The quantitative estimate of drug-likeness (QED) is 0.903. The van der Waals surface area contributed by atoms with Crippen molar-refractivity contribution in [1.29, 1.82) is 5.26 Å². The molecular formula is C15H18N2O2. The molecule has 0 atom stereocenters. The first-order valence-corrected chi connectivity index (χ1v) is 6.47. The van der Waals surface area contributed by atoms with Crippen molar-refractivity contribution in [3.63, 3.8) is 0 Å². The molecular weight excluding hydrogens is 240 g/mol. The summed E-state index contributed by atoms with van der Waals surface area (Å²) in [4.78, 5) is 11.3. The summed E-state index contributed by atoms with van der Waals surface area (Å²) >= 11 is 0. The predicted molar refractivity (Wildman–Crippen MR) is 72.9 cm³/mol. The number of anilines is 1. The molecule has 2 rings (SSSR count). The lowest BCUT2D eigenvalue weighted by molar-refractivity contribution is -0.116. The van der Waals surface area contributed by atoms with Crippen LogP contribution in [0.5, 0.6) is 5.75 Å². The van der Waals surface area contributed by atoms with E-state index in [1.54, 1.807) is 0 Å². The molecule has 1 N–H and O–H groups in total. The highest BCUT2D eigenvalue weighted by Gasteiger charge is 2.17. The van der Waals surface area contributed by atoms with Gasteiger partial charge in [-0.05, 0) is 38.3 Å². The van der Waals surface area contributed by atoms with Crippen LogP contribution in [-0.4, -0.2) is 12.5 Å². The first-order chi connectivity index (χ1) is 9.00. The van der Waals surface area contributed by atoms with Gasteiger partial charge in [-0.3, -0.25) is 4.79 Å². The highest BCUT2D eigenvalue weighted by atomic mass is 16.5. The Bertz CT molecular complexity index is 529. The van der Waals surface area contributed by atoms with Gasteiger partial charge in [0.05, 0.1) is 18.1 Å². The Morgan fingerprint density at radius 2 is 2.21 bits per heavy atom. The van der Waals surface area contributed by atoms with Crippen molar-refractivity contribution >= 4 is 11.6 Å². The topological polar surface area (TPSA) is 62.1 Å². The maximum Gasteiger partial charge on any atom is 0.224 e. The van der Waals surface area contributed by atoms with E-state index >= 15 is 0 Å². The van der Waals surface area contributed by atoms with Crippen molar-refractivity contribution < 1.29 is 9.53 Å². The van der Waals surface area contributed by atoms with E-state index in [1.165, 1.54) is 0 Å². The summed E-state index contributed by atoms with van der Waals surface area (Å²) in [6.07, 6.45) is 2.00. The van der Waals surface area contributed by atoms with Crippen LogP contribution < -0.4 is 10.1 Å². The normalized spacial score (nSPS) is 14.3. The second-order valence-electron chi connectivity index (χ2n) is 5.46. The Morgan fingerprint density at radius 3 is 2.95 bits per heavy atom. The highest BCUT2D eigenvalue weighted by Crippen LogP contribution is 2.27. The zero-order chi connectivity index (χ0) is 13.9. The van der Waals surface area contributed by atoms with Crippen LogP contribution in [0.4, 0.5) is 5.69 Å². The lowest BCUT2D eigenvalue weighted by Crippen LogP contribution is -2.19. The van der Waals surface area contributed by atoms with Crippen LogP contribution in [0.3, 0.4) is 0 Å². The number of carbonyl (C=O) groups is 1. The molecule has 1 aromatic rings. The molecule has 4 heteroatoms. The molecule has 0 bridgehead atoms. The molecule has 0 saturated carbocycles. The zero-order valence-corrected chi connectivity index (χ0v) is 11.3. The highest BCUT2D eigenvalue weighted by molar-refractivity contribution is 5.94. The number of aryl methyl sites for hydroxylation is 1. The van der Waals surface area contributed by atoms with E-state index in [2.05, 4.69) is 11.4 Å². The van der Waals surface area contributed by atoms with Crippen LogP contribution in [-0.2, 0) is 11.2 Å². The first kappa shape index (κ1) is 13.4. The Labute approximate surface area is 113 Å². The summed E-state index contributed by atoms with van der Waals surface area (Å²) in [5.41, 5.74) is 1.61. The third-order valence-electron chi connectivity index (χ3n) is 3.28. The SMILES string of the molecule is CC(C)(C#N)CCOc1ccc2c(c1)NC(=O)CC2. The molecule has 0 radical (unpaired) electrons. The molecule has 19 heavy (non-hydrogen) atoms. The van der Waals surface area contributed by atoms with Crippen LogP contribution in [0.15, 0.2) is 18.2 Å². The number of nitrogens with zero attached hydrogens (tertiary/aromatic N) is 1. The van der Waals surface area contributed by atoms with Crippen molar-refractivity contribution in [3.05, 3.63) is 23.8 Å². The minimum Gasteiger partial charge on any atom is -0.493 e. The van der Waals surface area contributed by atoms with Gasteiger partial charge in [0.1, 0.15) is 5.75 Å². The van der Waals surface area contributed by atoms with E-state index < -0.39 is 0 Å². The third-order valence-corrected chi connectivity index (χ3v) is 3.28. The van der Waals surface area contributed by atoms with E-state index in [9.17, 15) is 4.79 Å². The summed E-state index contributed by atoms with van der Waals surface area (Å²) in [5, 5.41) is 11.8. The maximum absolute atomic E-state index is 11.3. The number of hydrogen-bond donors (Lipinski definition) is 1. The van der Waals surface area contributed by atoms with Gasteiger partial charge in [-0.25, -0.2) is 0 Å². The van der Waals surface area contributed by atoms with Gasteiger partial charge in [-0.1, -0.05) is 6.07 Å². The summed E-state index contributed by atoms with van der Waals surface area (Å²) in [7, 11) is 0. The average molecular weight is 258 g/mol. The minimum absolute atomic E-state index is 0.0512. The zero-order valence-electron chi connectivity index (χ0n) is 11.3. The largest absolute Gasteiger partial charge is 0.493 e. The second kappa shape index (κ2) is 5.31. The van der Waals surface area contributed by atoms with E-state index in [1.807, 2.05) is 32.0 Å². The number of ether oxygens (including phenoxy) is 1. The van der Waals surface area contributed by atoms with E-state index in [0.29, 0.717) is 19.4 Å². The Morgan fingerprint density at radius 1 is 1.42 bits per heavy atom. The number of carbonyl (C=O) groups excluding carboxylic acids is 1. The summed E-state index contributed by atoms with van der Waals surface area (Å²) in [6, 6.07) is 8.00. The standard InChI is InChI=1S/C15H18N2O2/c1-15(2,10-16)7-8-19-12-5-3-11-4-6-14(18)17-13(11)9-12/h3,5,9H,4,6-8H2,1-2H3,(H,17,18). The Hall–Kier alpha value is -2.02. The molecule has 0 aliphatic carbocycles. The minimum atomic E-state index is -0.373. The van der Waals surface area contributed by atoms with Gasteiger partial charge in [0, 0.05) is 18.2 Å². The number of nitrogens with one attached hydrogen (secondary N) is 1. The fourth-order valence-electron chi connectivity index (χ4n) is 1.92. The molecule has 100 valence electrons. The number of amides is 1. The molecule has 1 aromatic carbocycles. The first-order valence-electron chi connectivity index (χ1n) is 6.47. The average Bonchev–Trinajstić information content (AvgIpc) is 2.38. The van der Waals surface area contributed by atoms with Gasteiger partial charge in [0.2, 0.25) is 5.91 Å². The smallest absolute Gasteiger partial charge is 0.224 e. The molecule has 0 unspecified atom stereocenters. The van der Waals surface area contributed by atoms with Crippen LogP contribution >= 0.6 is 0 Å². The molecule has 1 aliphatic rings. The molecule has 0 fully saturated rings. The number of rotatable bonds is 4. The fraction of sp³-hybridized carbons (Fsp3) is 0.467. The lowest BCUT2D eigenvalue weighted by Gasteiger charge is -2.19. The fourth-order valence-corrected chi connectivity index (χ4v) is 1.92. The van der Waals surface area contributed by atoms with Crippen molar-refractivity contribution in [3.8, 4) is 11.8 Å². The van der Waals surface area contributed by atoms with E-state index in [-0.39, 0.29) is 11.3 Å². The van der Waals surface area contributed by atoms with Crippen molar-refractivity contribution in [2.75, 3.05) is 11.9 Å². The number of fused-ring (bicyclic) bond motifs is 1. The Kier molecular flexibility index (Phi) is 3.75. The van der Waals surface area contributed by atoms with Crippen molar-refractivity contribution in [2.24, 2.45) is 5.41 Å². The molecule has 0 saturated heterocycles. The van der Waals surface area contributed by atoms with Crippen LogP contribution in [0.2, 0.25) is 0 Å². The van der Waals surface area contributed by atoms with E-state index in [0.717, 1.165) is 23.4 Å². The molecule has 4 nitrogen and oxygen atoms in total. The predicted octanol–water partition coefficient (Wildman–Crippen LogP) is 2.89. The molecule has 0 aromatic heterocycles. The maximum atomic E-state index is 11.3. The van der Waals surface area contributed by atoms with Gasteiger partial charge in [0.25, 0.3) is 0 Å². The number of nitriles is 1. The monoisotopic (exact) mass is 258 g/mol. The van der Waals surface area contributed by atoms with Gasteiger partial charge in [-0.2, -0.15) is 5.26 Å². The summed E-state index contributed by atoms with van der Waals surface area (Å²) in [6.45, 7) is 4.28. The van der Waals surface area contributed by atoms with Gasteiger partial charge < -0.3 is 10.1 Å². The summed E-state index contributed by atoms with van der Waals surface area (Å²) in [5.74, 6) is 0.782. The summed E-state index contributed by atoms with van der Waals surface area (Å²) < 4.78 is 5.64. The molecule has 1 aliphatic heterocycles. The molecule has 1 amide bonds. The number of benzene rings is 1. The van der Waals surface area contributed by atoms with Crippen LogP contribution in [0.1, 0.15) is 32.3 Å². The van der Waals surface area contributed by atoms with E-state index in [4.69, 9.17) is 10.00 Å². The molecule has 0 spiro atoms. The van der Waals surface area contributed by atoms with Crippen molar-refractivity contribution in [2.45, 2.75) is 33.1 Å². The molecule has 1 heterocycles. The van der Waals surface area contributed by atoms with Gasteiger partial charge in [-0.15, -0.1) is 0 Å². The van der Waals surface area contributed by atoms with Gasteiger partial charge >= 0.3 is 0 Å². The van der Waals surface area contributed by atoms with Crippen LogP contribution in [0, 0.1) is 16.7 Å².